The van der Waals surface area contributed by atoms with Gasteiger partial charge in [0.2, 0.25) is 0 Å². The number of anilines is 9. The maximum absolute atomic E-state index is 2.84. The van der Waals surface area contributed by atoms with E-state index in [0.717, 1.165) is 78.7 Å². The lowest BCUT2D eigenvalue weighted by molar-refractivity contribution is 1.17. The molecule has 546 valence electrons. The predicted molar refractivity (Wildman–Crippen MR) is 496 cm³/mol. The van der Waals surface area contributed by atoms with Crippen molar-refractivity contribution in [3.8, 4) is 5.69 Å². The highest BCUT2D eigenvalue weighted by Gasteiger charge is 2.44. The van der Waals surface area contributed by atoms with E-state index in [9.17, 15) is 0 Å². The summed E-state index contributed by atoms with van der Waals surface area (Å²) in [5, 5.41) is 18.3. The van der Waals surface area contributed by atoms with Crippen LogP contribution in [0, 0.1) is 0 Å². The Balaban J connectivity index is 0.775. The highest BCUT2D eigenvalue weighted by atomic mass is 28.3. The molecule has 0 aliphatic carbocycles. The van der Waals surface area contributed by atoms with Gasteiger partial charge in [0.1, 0.15) is 0 Å². The van der Waals surface area contributed by atoms with Gasteiger partial charge in [-0.2, -0.15) is 0 Å². The molecule has 0 aliphatic heterocycles. The summed E-state index contributed by atoms with van der Waals surface area (Å²) < 4.78 is 2.47. The summed E-state index contributed by atoms with van der Waals surface area (Å²) in [6, 6.07) is 185. The number of nitrogens with zero attached hydrogens (tertiary/aromatic N) is 4. The van der Waals surface area contributed by atoms with E-state index in [1.165, 1.54) is 62.2 Å². The molecule has 19 rings (SSSR count). The highest BCUT2D eigenvalue weighted by molar-refractivity contribution is 7.21. The van der Waals surface area contributed by atoms with Crippen molar-refractivity contribution in [3.05, 3.63) is 497 Å². The lowest BCUT2D eigenvalue weighted by Crippen LogP contribution is -2.74. The number of benzene rings is 18. The molecule has 4 nitrogen and oxygen atoms in total. The number of para-hydroxylation sites is 3. The Labute approximate surface area is 677 Å². The molecule has 0 atom stereocenters. The van der Waals surface area contributed by atoms with Gasteiger partial charge in [-0.05, 0) is 196 Å². The molecule has 0 saturated carbocycles. The fourth-order valence-corrected chi connectivity index (χ4v) is 32.4. The Morgan fingerprint density at radius 2 is 0.296 bits per heavy atom. The van der Waals surface area contributed by atoms with Crippen LogP contribution >= 0.6 is 0 Å². The monoisotopic (exact) mass is 1520 g/mol. The minimum absolute atomic E-state index is 1.04. The molecule has 0 spiro atoms. The van der Waals surface area contributed by atoms with Crippen LogP contribution in [-0.2, 0) is 0 Å². The van der Waals surface area contributed by atoms with Gasteiger partial charge < -0.3 is 19.3 Å². The summed E-state index contributed by atoms with van der Waals surface area (Å²) >= 11 is 0. The molecule has 19 aromatic rings. The van der Waals surface area contributed by atoms with Crippen LogP contribution in [0.1, 0.15) is 0 Å². The molecular weight excluding hydrogens is 1440 g/mol. The minimum atomic E-state index is -2.84. The molecule has 0 bridgehead atoms. The summed E-state index contributed by atoms with van der Waals surface area (Å²) in [7, 11) is -8.48. The van der Waals surface area contributed by atoms with E-state index < -0.39 is 24.2 Å². The van der Waals surface area contributed by atoms with Crippen molar-refractivity contribution < 1.29 is 0 Å². The molecule has 18 aromatic carbocycles. The van der Waals surface area contributed by atoms with E-state index in [-0.39, 0.29) is 0 Å². The zero-order chi connectivity index (χ0) is 76.8. The quantitative estimate of drug-likeness (QED) is 0.0496. The first-order chi connectivity index (χ1) is 57.1. The summed E-state index contributed by atoms with van der Waals surface area (Å²) in [5.41, 5.74) is 12.8. The van der Waals surface area contributed by atoms with Gasteiger partial charge in [-0.25, -0.2) is 0 Å². The molecule has 0 aliphatic rings. The highest BCUT2D eigenvalue weighted by Crippen LogP contribution is 2.44. The maximum Gasteiger partial charge on any atom is 0.179 e. The molecule has 0 saturated heterocycles. The molecule has 1 aromatic heterocycles. The smallest absolute Gasteiger partial charge is 0.179 e. The Hall–Kier alpha value is -14.2. The lowest BCUT2D eigenvalue weighted by Gasteiger charge is -2.35. The topological polar surface area (TPSA) is 14.7 Å². The van der Waals surface area contributed by atoms with Crippen LogP contribution < -0.4 is 76.9 Å². The summed E-state index contributed by atoms with van der Waals surface area (Å²) in [6.45, 7) is 0. The Morgan fingerprint density at radius 1 is 0.139 bits per heavy atom. The number of hydrogen-bond acceptors (Lipinski definition) is 3. The van der Waals surface area contributed by atoms with Crippen LogP contribution in [0.2, 0.25) is 0 Å². The van der Waals surface area contributed by atoms with Gasteiger partial charge in [0.05, 0.1) is 11.0 Å². The Bertz CT molecular complexity index is 5880. The van der Waals surface area contributed by atoms with E-state index in [0.29, 0.717) is 0 Å². The average molecular weight is 1520 g/mol. The zero-order valence-electron chi connectivity index (χ0n) is 63.6. The number of rotatable bonds is 22. The molecule has 0 radical (unpaired) electrons. The molecule has 7 heteroatoms. The van der Waals surface area contributed by atoms with Crippen LogP contribution in [-0.4, -0.2) is 28.8 Å². The van der Waals surface area contributed by atoms with Crippen LogP contribution in [0.15, 0.2) is 497 Å². The molecule has 0 amide bonds. The standard InChI is InChI=1S/C108H82N4Si3/c1-13-37-83(38-14-1)109(87-65-73-102(74-66-87)113(93-43-19-4-20-44-93,94-45-21-5-22-46-94)95-47-23-6-24-48-95)86-61-63-90(64-62-86)112-107-79-71-91(110(84-39-15-2-16-40-84)88-67-75-103(76-68-88)114(96-49-25-7-26-50-96,97-51-27-8-28-52-97)98-53-29-9-30-54-98)81-105(107)106-82-92(72-80-108(106)112)111(85-41-17-3-18-42-85)89-69-77-104(78-70-89)115(99-55-31-10-32-56-99,100-57-33-11-34-58-100)101-59-35-12-36-60-101/h1-82H. The van der Waals surface area contributed by atoms with Gasteiger partial charge in [0.25, 0.3) is 0 Å². The second-order valence-electron chi connectivity index (χ2n) is 29.5. The van der Waals surface area contributed by atoms with Gasteiger partial charge in [0, 0.05) is 67.6 Å². The van der Waals surface area contributed by atoms with Crippen LogP contribution in [0.3, 0.4) is 0 Å². The van der Waals surface area contributed by atoms with E-state index in [1.54, 1.807) is 0 Å². The fraction of sp³-hybridized carbons (Fsp3) is 0. The first kappa shape index (κ1) is 71.1. The number of fused-ring (bicyclic) bond motifs is 3. The molecule has 0 unspecified atom stereocenters. The number of hydrogen-bond donors (Lipinski definition) is 0. The van der Waals surface area contributed by atoms with Crippen molar-refractivity contribution in [2.75, 3.05) is 14.7 Å². The van der Waals surface area contributed by atoms with Crippen LogP contribution in [0.4, 0.5) is 51.2 Å². The van der Waals surface area contributed by atoms with E-state index >= 15 is 0 Å². The Kier molecular flexibility index (Phi) is 19.5. The first-order valence-electron chi connectivity index (χ1n) is 39.6. The van der Waals surface area contributed by atoms with E-state index in [2.05, 4.69) is 517 Å². The number of aromatic nitrogens is 1. The normalized spacial score (nSPS) is 11.7. The first-order valence-corrected chi connectivity index (χ1v) is 45.6. The van der Waals surface area contributed by atoms with Crippen molar-refractivity contribution in [1.82, 2.24) is 4.57 Å². The third kappa shape index (κ3) is 12.9. The predicted octanol–water partition coefficient (Wildman–Crippen LogP) is 19.3. The third-order valence-electron chi connectivity index (χ3n) is 23.2. The van der Waals surface area contributed by atoms with Crippen molar-refractivity contribution in [1.29, 1.82) is 0 Å². The SMILES string of the molecule is c1ccc(N(c2ccc(-n3c4ccc(N(c5ccccc5)c5ccc([Si](c6ccccc6)(c6ccccc6)c6ccccc6)cc5)cc4c4cc(N(c5ccccc5)c5ccc([Si](c6ccccc6)(c6ccccc6)c6ccccc6)cc5)ccc43)cc2)c2ccc([Si](c3ccccc3)(c3ccccc3)c3ccccc3)cc2)cc1. The summed E-state index contributed by atoms with van der Waals surface area (Å²) in [4.78, 5) is 7.26. The van der Waals surface area contributed by atoms with Crippen molar-refractivity contribution in [3.63, 3.8) is 0 Å². The van der Waals surface area contributed by atoms with Crippen molar-refractivity contribution in [2.24, 2.45) is 0 Å². The minimum Gasteiger partial charge on any atom is -0.311 e. The second kappa shape index (κ2) is 31.5. The van der Waals surface area contributed by atoms with Gasteiger partial charge in [-0.15, -0.1) is 0 Å². The van der Waals surface area contributed by atoms with Crippen molar-refractivity contribution in [2.45, 2.75) is 0 Å². The largest absolute Gasteiger partial charge is 0.311 e. The maximum atomic E-state index is 2.47. The second-order valence-corrected chi connectivity index (χ2v) is 40.9. The lowest BCUT2D eigenvalue weighted by atomic mass is 10.1. The molecule has 115 heavy (non-hydrogen) atoms. The van der Waals surface area contributed by atoms with Gasteiger partial charge >= 0.3 is 0 Å². The van der Waals surface area contributed by atoms with E-state index in [1.807, 2.05) is 0 Å². The fourth-order valence-electron chi connectivity index (χ4n) is 18.2. The molecule has 0 fully saturated rings. The third-order valence-corrected chi connectivity index (χ3v) is 37.6. The molecule has 1 heterocycles. The summed E-state index contributed by atoms with van der Waals surface area (Å²) in [5.74, 6) is 0. The van der Waals surface area contributed by atoms with E-state index in [4.69, 9.17) is 0 Å². The Morgan fingerprint density at radius 3 is 0.504 bits per heavy atom. The van der Waals surface area contributed by atoms with Crippen molar-refractivity contribution >= 4 is 159 Å². The van der Waals surface area contributed by atoms with Gasteiger partial charge in [0.15, 0.2) is 24.2 Å². The zero-order valence-corrected chi connectivity index (χ0v) is 66.6. The van der Waals surface area contributed by atoms with Gasteiger partial charge in [-0.3, -0.25) is 0 Å². The van der Waals surface area contributed by atoms with Gasteiger partial charge in [-0.1, -0.05) is 364 Å². The molecular formula is C108H82N4Si3. The summed E-state index contributed by atoms with van der Waals surface area (Å²) in [6.07, 6.45) is 0. The van der Waals surface area contributed by atoms with Crippen LogP contribution in [0.25, 0.3) is 27.5 Å². The average Bonchev–Trinajstić information content (AvgIpc) is 1.35. The van der Waals surface area contributed by atoms with Crippen LogP contribution in [0.5, 0.6) is 0 Å². The molecule has 0 N–H and O–H groups in total.